The van der Waals surface area contributed by atoms with E-state index in [0.717, 1.165) is 47.5 Å². The third-order valence-corrected chi connectivity index (χ3v) is 8.57. The Morgan fingerprint density at radius 3 is 2.47 bits per heavy atom. The smallest absolute Gasteiger partial charge is 0.165 e. The second-order valence-corrected chi connectivity index (χ2v) is 12.3. The number of carbonyl (C=O) groups is 2. The van der Waals surface area contributed by atoms with E-state index in [1.54, 1.807) is 0 Å². The van der Waals surface area contributed by atoms with E-state index in [4.69, 9.17) is 4.74 Å². The number of ether oxygens (including phenoxy) is 1. The first-order chi connectivity index (χ1) is 15.9. The number of benzene rings is 1. The highest BCUT2D eigenvalue weighted by molar-refractivity contribution is 5.98. The number of hydrogen-bond donors (Lipinski definition) is 0. The van der Waals surface area contributed by atoms with Gasteiger partial charge in [0, 0.05) is 36.2 Å². The molecule has 0 amide bonds. The van der Waals surface area contributed by atoms with E-state index in [2.05, 4.69) is 34.4 Å². The van der Waals surface area contributed by atoms with Gasteiger partial charge in [0.05, 0.1) is 20.1 Å². The number of rotatable bonds is 10. The standard InChI is InChI=1S/C30H46NO3/c1-21-14-16-31(7,20-21)17-18-34-26-12-10-25(11-13-26)29(33)24(4)23(3)19-27(32)28-22(2)9-8-15-30(28,5)6/h10-13,21,23-24,28H,2,8-9,14-20H2,1,3-7H3/q+1. The number of Topliss-reactive ketones (excluding diaryl/α,β-unsaturated/α-hetero) is 2. The molecule has 1 aliphatic heterocycles. The summed E-state index contributed by atoms with van der Waals surface area (Å²) in [5, 5.41) is 0. The number of likely N-dealkylation sites (N-methyl/N-ethyl adjacent to an activating group) is 1. The van der Waals surface area contributed by atoms with Crippen molar-refractivity contribution in [2.24, 2.45) is 29.1 Å². The predicted octanol–water partition coefficient (Wildman–Crippen LogP) is 6.35. The SMILES string of the molecule is C=C1CCCC(C)(C)C1C(=O)CC(C)C(C)C(=O)c1ccc(OCC[N+]2(C)CCC(C)C2)cc1. The number of hydrogen-bond acceptors (Lipinski definition) is 3. The molecule has 1 saturated heterocycles. The van der Waals surface area contributed by atoms with Gasteiger partial charge in [-0.25, -0.2) is 0 Å². The lowest BCUT2D eigenvalue weighted by Crippen LogP contribution is -2.44. The van der Waals surface area contributed by atoms with Gasteiger partial charge in [-0.3, -0.25) is 9.59 Å². The fraction of sp³-hybridized carbons (Fsp3) is 0.667. The minimum Gasteiger partial charge on any atom is -0.488 e. The predicted molar refractivity (Wildman–Crippen MR) is 139 cm³/mol. The first-order valence-electron chi connectivity index (χ1n) is 13.2. The van der Waals surface area contributed by atoms with Crippen molar-refractivity contribution in [2.75, 3.05) is 33.3 Å². The molecule has 1 saturated carbocycles. The van der Waals surface area contributed by atoms with Crippen molar-refractivity contribution in [3.8, 4) is 5.75 Å². The molecule has 0 radical (unpaired) electrons. The molecule has 0 spiro atoms. The average Bonchev–Trinajstić information content (AvgIpc) is 3.10. The normalized spacial score (nSPS) is 28.4. The summed E-state index contributed by atoms with van der Waals surface area (Å²) in [6, 6.07) is 7.53. The Bertz CT molecular complexity index is 887. The maximum absolute atomic E-state index is 13.2. The Hall–Kier alpha value is -1.94. The summed E-state index contributed by atoms with van der Waals surface area (Å²) in [5.74, 6) is 1.64. The summed E-state index contributed by atoms with van der Waals surface area (Å²) >= 11 is 0. The number of nitrogens with zero attached hydrogens (tertiary/aromatic N) is 1. The van der Waals surface area contributed by atoms with Crippen LogP contribution >= 0.6 is 0 Å². The summed E-state index contributed by atoms with van der Waals surface area (Å²) in [7, 11) is 2.31. The fourth-order valence-electron chi connectivity index (χ4n) is 6.18. The third kappa shape index (κ3) is 6.38. The Kier molecular flexibility index (Phi) is 8.44. The maximum atomic E-state index is 13.2. The highest BCUT2D eigenvalue weighted by atomic mass is 16.5. The highest BCUT2D eigenvalue weighted by Gasteiger charge is 2.40. The molecule has 188 valence electrons. The molecule has 0 bridgehead atoms. The summed E-state index contributed by atoms with van der Waals surface area (Å²) in [5.41, 5.74) is 1.72. The zero-order valence-corrected chi connectivity index (χ0v) is 22.4. The van der Waals surface area contributed by atoms with Crippen molar-refractivity contribution in [1.29, 1.82) is 0 Å². The molecule has 1 aromatic carbocycles. The van der Waals surface area contributed by atoms with Crippen molar-refractivity contribution in [2.45, 2.75) is 66.7 Å². The van der Waals surface area contributed by atoms with E-state index in [1.807, 2.05) is 38.1 Å². The van der Waals surface area contributed by atoms with Crippen molar-refractivity contribution in [3.05, 3.63) is 42.0 Å². The molecule has 0 N–H and O–H groups in total. The molecule has 1 aromatic rings. The van der Waals surface area contributed by atoms with Crippen LogP contribution < -0.4 is 4.74 Å². The monoisotopic (exact) mass is 468 g/mol. The van der Waals surface area contributed by atoms with Crippen LogP contribution in [-0.4, -0.2) is 49.3 Å². The van der Waals surface area contributed by atoms with Crippen LogP contribution in [0.1, 0.15) is 77.1 Å². The Labute approximate surface area is 207 Å². The number of likely N-dealkylation sites (tertiary alicyclic amines) is 1. The van der Waals surface area contributed by atoms with Crippen molar-refractivity contribution in [1.82, 2.24) is 0 Å². The molecule has 1 heterocycles. The second kappa shape index (κ2) is 10.8. The van der Waals surface area contributed by atoms with Gasteiger partial charge in [0.15, 0.2) is 5.78 Å². The first kappa shape index (κ1) is 26.7. The van der Waals surface area contributed by atoms with Crippen LogP contribution in [0, 0.1) is 29.1 Å². The largest absolute Gasteiger partial charge is 0.488 e. The van der Waals surface area contributed by atoms with Crippen LogP contribution in [-0.2, 0) is 4.79 Å². The van der Waals surface area contributed by atoms with Gasteiger partial charge < -0.3 is 9.22 Å². The summed E-state index contributed by atoms with van der Waals surface area (Å²) < 4.78 is 7.06. The lowest BCUT2D eigenvalue weighted by molar-refractivity contribution is -0.899. The van der Waals surface area contributed by atoms with Gasteiger partial charge in [0.2, 0.25) is 0 Å². The molecular formula is C30H46NO3+. The maximum Gasteiger partial charge on any atom is 0.165 e. The molecule has 5 unspecified atom stereocenters. The molecule has 4 nitrogen and oxygen atoms in total. The molecule has 0 aromatic heterocycles. The summed E-state index contributed by atoms with van der Waals surface area (Å²) in [4.78, 5) is 26.3. The molecule has 4 heteroatoms. The third-order valence-electron chi connectivity index (χ3n) is 8.57. The molecule has 3 rings (SSSR count). The van der Waals surface area contributed by atoms with Gasteiger partial charge in [-0.15, -0.1) is 0 Å². The summed E-state index contributed by atoms with van der Waals surface area (Å²) in [6.45, 7) is 19.0. The van der Waals surface area contributed by atoms with E-state index in [-0.39, 0.29) is 34.7 Å². The molecule has 2 fully saturated rings. The van der Waals surface area contributed by atoms with E-state index in [1.165, 1.54) is 19.5 Å². The zero-order valence-electron chi connectivity index (χ0n) is 22.4. The second-order valence-electron chi connectivity index (χ2n) is 12.3. The van der Waals surface area contributed by atoms with E-state index >= 15 is 0 Å². The average molecular weight is 469 g/mol. The van der Waals surface area contributed by atoms with Crippen LogP contribution in [0.5, 0.6) is 5.75 Å². The molecule has 1 aliphatic carbocycles. The van der Waals surface area contributed by atoms with E-state index in [0.29, 0.717) is 18.6 Å². The van der Waals surface area contributed by atoms with Crippen LogP contribution in [0.15, 0.2) is 36.4 Å². The minimum atomic E-state index is -0.211. The number of ketones is 2. The fourth-order valence-corrected chi connectivity index (χ4v) is 6.18. The minimum absolute atomic E-state index is 0.00577. The highest BCUT2D eigenvalue weighted by Crippen LogP contribution is 2.44. The summed E-state index contributed by atoms with van der Waals surface area (Å²) in [6.07, 6.45) is 4.82. The zero-order chi connectivity index (χ0) is 25.1. The number of allylic oxidation sites excluding steroid dienone is 1. The van der Waals surface area contributed by atoms with E-state index < -0.39 is 0 Å². The van der Waals surface area contributed by atoms with Gasteiger partial charge >= 0.3 is 0 Å². The van der Waals surface area contributed by atoms with Crippen LogP contribution in [0.25, 0.3) is 0 Å². The van der Waals surface area contributed by atoms with Gasteiger partial charge in [-0.1, -0.05) is 46.8 Å². The lowest BCUT2D eigenvalue weighted by atomic mass is 9.64. The molecule has 5 atom stereocenters. The van der Waals surface area contributed by atoms with Gasteiger partial charge in [-0.05, 0) is 54.9 Å². The van der Waals surface area contributed by atoms with Crippen LogP contribution in [0.4, 0.5) is 0 Å². The van der Waals surface area contributed by atoms with Crippen molar-refractivity contribution in [3.63, 3.8) is 0 Å². The van der Waals surface area contributed by atoms with Gasteiger partial charge in [0.25, 0.3) is 0 Å². The van der Waals surface area contributed by atoms with E-state index in [9.17, 15) is 9.59 Å². The Balaban J connectivity index is 1.52. The molecule has 2 aliphatic rings. The number of carbonyl (C=O) groups excluding carboxylic acids is 2. The molecular weight excluding hydrogens is 422 g/mol. The Morgan fingerprint density at radius 1 is 1.21 bits per heavy atom. The Morgan fingerprint density at radius 2 is 1.88 bits per heavy atom. The quantitative estimate of drug-likeness (QED) is 0.228. The number of quaternary nitrogens is 1. The van der Waals surface area contributed by atoms with Crippen LogP contribution in [0.3, 0.4) is 0 Å². The van der Waals surface area contributed by atoms with Crippen LogP contribution in [0.2, 0.25) is 0 Å². The molecule has 34 heavy (non-hydrogen) atoms. The van der Waals surface area contributed by atoms with Crippen molar-refractivity contribution >= 4 is 11.6 Å². The van der Waals surface area contributed by atoms with Crippen molar-refractivity contribution < 1.29 is 18.8 Å². The topological polar surface area (TPSA) is 43.4 Å². The first-order valence-corrected chi connectivity index (χ1v) is 13.2. The van der Waals surface area contributed by atoms with Gasteiger partial charge in [-0.2, -0.15) is 0 Å². The lowest BCUT2D eigenvalue weighted by Gasteiger charge is -2.39. The van der Waals surface area contributed by atoms with Gasteiger partial charge in [0.1, 0.15) is 24.7 Å².